The Bertz CT molecular complexity index is 762. The summed E-state index contributed by atoms with van der Waals surface area (Å²) in [6.07, 6.45) is 5.62. The number of hydrogen-bond acceptors (Lipinski definition) is 3. The topological polar surface area (TPSA) is 43.6 Å². The molecule has 0 aromatic carbocycles. The van der Waals surface area contributed by atoms with Gasteiger partial charge < -0.3 is 4.57 Å². The van der Waals surface area contributed by atoms with E-state index in [4.69, 9.17) is 4.98 Å². The van der Waals surface area contributed by atoms with Crippen LogP contribution in [0.3, 0.4) is 0 Å². The lowest BCUT2D eigenvalue weighted by atomic mass is 10.2. The smallest absolute Gasteiger partial charge is 0.163 e. The zero-order valence-electron chi connectivity index (χ0n) is 11.6. The van der Waals surface area contributed by atoms with Crippen LogP contribution in [0.1, 0.15) is 25.6 Å². The molecule has 0 saturated carbocycles. The summed E-state index contributed by atoms with van der Waals surface area (Å²) >= 11 is 3.60. The molecule has 0 bridgehead atoms. The van der Waals surface area contributed by atoms with Gasteiger partial charge in [0, 0.05) is 34.7 Å². The SMILES string of the molecule is Cc1nc(-c2cccnc2)nc2c1c(Br)cn2C(C)C. The molecule has 3 heterocycles. The lowest BCUT2D eigenvalue weighted by Gasteiger charge is -2.09. The predicted octanol–water partition coefficient (Wildman–Crippen LogP) is 4.15. The fraction of sp³-hybridized carbons (Fsp3) is 0.267. The maximum Gasteiger partial charge on any atom is 0.163 e. The third kappa shape index (κ3) is 2.12. The van der Waals surface area contributed by atoms with Gasteiger partial charge in [-0.05, 0) is 48.8 Å². The van der Waals surface area contributed by atoms with Gasteiger partial charge >= 0.3 is 0 Å². The van der Waals surface area contributed by atoms with Gasteiger partial charge in [0.1, 0.15) is 5.65 Å². The molecule has 0 aliphatic rings. The molecule has 0 aliphatic heterocycles. The lowest BCUT2D eigenvalue weighted by molar-refractivity contribution is 0.617. The van der Waals surface area contributed by atoms with Crippen molar-refractivity contribution >= 4 is 27.0 Å². The first-order valence-electron chi connectivity index (χ1n) is 6.53. The first kappa shape index (κ1) is 13.2. The van der Waals surface area contributed by atoms with E-state index in [1.165, 1.54) is 0 Å². The van der Waals surface area contributed by atoms with E-state index in [-0.39, 0.29) is 0 Å². The van der Waals surface area contributed by atoms with Gasteiger partial charge in [0.15, 0.2) is 5.82 Å². The Balaban J connectivity index is 2.30. The quantitative estimate of drug-likeness (QED) is 0.709. The summed E-state index contributed by atoms with van der Waals surface area (Å²) in [5, 5.41) is 1.08. The van der Waals surface area contributed by atoms with Crippen LogP contribution in [-0.2, 0) is 0 Å². The normalized spacial score (nSPS) is 11.4. The molecule has 0 saturated heterocycles. The van der Waals surface area contributed by atoms with E-state index in [0.717, 1.165) is 32.6 Å². The minimum atomic E-state index is 0.347. The molecule has 3 aromatic rings. The number of fused-ring (bicyclic) bond motifs is 1. The van der Waals surface area contributed by atoms with Gasteiger partial charge in [-0.2, -0.15) is 0 Å². The molecule has 0 radical (unpaired) electrons. The Morgan fingerprint density at radius 1 is 1.25 bits per heavy atom. The monoisotopic (exact) mass is 330 g/mol. The number of pyridine rings is 1. The van der Waals surface area contributed by atoms with E-state index in [1.54, 1.807) is 12.4 Å². The van der Waals surface area contributed by atoms with Crippen LogP contribution in [0.15, 0.2) is 35.2 Å². The van der Waals surface area contributed by atoms with Crippen LogP contribution in [-0.4, -0.2) is 19.5 Å². The van der Waals surface area contributed by atoms with E-state index >= 15 is 0 Å². The van der Waals surface area contributed by atoms with E-state index in [2.05, 4.69) is 50.5 Å². The Kier molecular flexibility index (Phi) is 3.30. The summed E-state index contributed by atoms with van der Waals surface area (Å²) in [6.45, 7) is 6.31. The van der Waals surface area contributed by atoms with Crippen LogP contribution in [0.4, 0.5) is 0 Å². The van der Waals surface area contributed by atoms with Crippen molar-refractivity contribution in [3.8, 4) is 11.4 Å². The molecule has 5 heteroatoms. The fourth-order valence-corrected chi connectivity index (χ4v) is 2.97. The molecule has 4 nitrogen and oxygen atoms in total. The van der Waals surface area contributed by atoms with Gasteiger partial charge in [0.05, 0.1) is 11.1 Å². The summed E-state index contributed by atoms with van der Waals surface area (Å²) in [6, 6.07) is 4.22. The van der Waals surface area contributed by atoms with Crippen LogP contribution in [0, 0.1) is 6.92 Å². The second-order valence-electron chi connectivity index (χ2n) is 5.05. The Labute approximate surface area is 126 Å². The molecule has 102 valence electrons. The predicted molar refractivity (Wildman–Crippen MR) is 83.6 cm³/mol. The summed E-state index contributed by atoms with van der Waals surface area (Å²) in [4.78, 5) is 13.5. The van der Waals surface area contributed by atoms with Crippen molar-refractivity contribution in [2.75, 3.05) is 0 Å². The van der Waals surface area contributed by atoms with Crippen molar-refractivity contribution in [1.82, 2.24) is 19.5 Å². The molecule has 0 atom stereocenters. The van der Waals surface area contributed by atoms with Crippen LogP contribution in [0.5, 0.6) is 0 Å². The largest absolute Gasteiger partial charge is 0.329 e. The van der Waals surface area contributed by atoms with Gasteiger partial charge in [-0.3, -0.25) is 4.98 Å². The molecule has 20 heavy (non-hydrogen) atoms. The summed E-state index contributed by atoms with van der Waals surface area (Å²) in [5.74, 6) is 0.718. The average molecular weight is 331 g/mol. The first-order chi connectivity index (χ1) is 9.58. The summed E-state index contributed by atoms with van der Waals surface area (Å²) < 4.78 is 3.20. The van der Waals surface area contributed by atoms with Crippen molar-refractivity contribution in [3.05, 3.63) is 40.9 Å². The summed E-state index contributed by atoms with van der Waals surface area (Å²) in [7, 11) is 0. The van der Waals surface area contributed by atoms with Crippen LogP contribution in [0.2, 0.25) is 0 Å². The molecule has 3 rings (SSSR count). The number of aromatic nitrogens is 4. The Morgan fingerprint density at radius 2 is 2.05 bits per heavy atom. The highest BCUT2D eigenvalue weighted by atomic mass is 79.9. The van der Waals surface area contributed by atoms with Gasteiger partial charge in [0.25, 0.3) is 0 Å². The maximum atomic E-state index is 4.73. The molecule has 0 unspecified atom stereocenters. The van der Waals surface area contributed by atoms with E-state index in [9.17, 15) is 0 Å². The number of halogens is 1. The lowest BCUT2D eigenvalue weighted by Crippen LogP contribution is -2.02. The van der Waals surface area contributed by atoms with E-state index < -0.39 is 0 Å². The molecule has 0 fully saturated rings. The van der Waals surface area contributed by atoms with Gasteiger partial charge in [-0.25, -0.2) is 9.97 Å². The first-order valence-corrected chi connectivity index (χ1v) is 7.32. The van der Waals surface area contributed by atoms with Crippen molar-refractivity contribution < 1.29 is 0 Å². The third-order valence-corrected chi connectivity index (χ3v) is 3.88. The minimum absolute atomic E-state index is 0.347. The van der Waals surface area contributed by atoms with E-state index in [0.29, 0.717) is 6.04 Å². The standard InChI is InChI=1S/C15H15BrN4/c1-9(2)20-8-12(16)13-10(3)18-14(19-15(13)20)11-5-4-6-17-7-11/h4-9H,1-3H3. The minimum Gasteiger partial charge on any atom is -0.329 e. The molecule has 0 amide bonds. The molecule has 3 aromatic heterocycles. The highest BCUT2D eigenvalue weighted by molar-refractivity contribution is 9.10. The maximum absolute atomic E-state index is 4.73. The van der Waals surface area contributed by atoms with Gasteiger partial charge in [0.2, 0.25) is 0 Å². The average Bonchev–Trinajstić information content (AvgIpc) is 2.78. The van der Waals surface area contributed by atoms with Gasteiger partial charge in [-0.15, -0.1) is 0 Å². The van der Waals surface area contributed by atoms with Crippen LogP contribution < -0.4 is 0 Å². The highest BCUT2D eigenvalue weighted by Crippen LogP contribution is 2.31. The Morgan fingerprint density at radius 3 is 2.70 bits per heavy atom. The number of hydrogen-bond donors (Lipinski definition) is 0. The van der Waals surface area contributed by atoms with Crippen LogP contribution >= 0.6 is 15.9 Å². The third-order valence-electron chi connectivity index (χ3n) is 3.28. The molecular weight excluding hydrogens is 316 g/mol. The summed E-state index contributed by atoms with van der Waals surface area (Å²) in [5.41, 5.74) is 2.86. The second kappa shape index (κ2) is 4.98. The van der Waals surface area contributed by atoms with Crippen molar-refractivity contribution in [2.24, 2.45) is 0 Å². The van der Waals surface area contributed by atoms with E-state index in [1.807, 2.05) is 19.1 Å². The second-order valence-corrected chi connectivity index (χ2v) is 5.91. The molecule has 0 spiro atoms. The number of rotatable bonds is 2. The van der Waals surface area contributed by atoms with Crippen molar-refractivity contribution in [3.63, 3.8) is 0 Å². The Hall–Kier alpha value is -1.75. The zero-order valence-corrected chi connectivity index (χ0v) is 13.2. The molecule has 0 aliphatic carbocycles. The van der Waals surface area contributed by atoms with Crippen LogP contribution in [0.25, 0.3) is 22.4 Å². The molecular formula is C15H15BrN4. The molecule has 0 N–H and O–H groups in total. The van der Waals surface area contributed by atoms with Crippen molar-refractivity contribution in [1.29, 1.82) is 0 Å². The zero-order chi connectivity index (χ0) is 14.3. The fourth-order valence-electron chi connectivity index (χ4n) is 2.29. The highest BCUT2D eigenvalue weighted by Gasteiger charge is 2.15. The van der Waals surface area contributed by atoms with Crippen molar-refractivity contribution in [2.45, 2.75) is 26.8 Å². The van der Waals surface area contributed by atoms with Gasteiger partial charge in [-0.1, -0.05) is 0 Å². The number of aryl methyl sites for hydroxylation is 1. The number of nitrogens with zero attached hydrogens (tertiary/aromatic N) is 4.